The largest absolute Gasteiger partial charge is 0.484 e. The quantitative estimate of drug-likeness (QED) is 0.383. The first-order valence-corrected chi connectivity index (χ1v) is 10.5. The highest BCUT2D eigenvalue weighted by molar-refractivity contribution is 5.92. The molecule has 0 radical (unpaired) electrons. The molecule has 1 atom stereocenters. The van der Waals surface area contributed by atoms with Crippen molar-refractivity contribution >= 4 is 22.7 Å². The van der Waals surface area contributed by atoms with Crippen LogP contribution < -0.4 is 10.1 Å². The number of nitrogens with one attached hydrogen (secondary N) is 1. The predicted molar refractivity (Wildman–Crippen MR) is 123 cm³/mol. The van der Waals surface area contributed by atoms with E-state index in [1.165, 1.54) is 5.56 Å². The number of oxazole rings is 1. The number of ether oxygens (including phenoxy) is 1. The Balaban J connectivity index is 1.34. The number of hydrogen-bond acceptors (Lipinski definition) is 4. The van der Waals surface area contributed by atoms with Gasteiger partial charge in [0, 0.05) is 11.3 Å². The van der Waals surface area contributed by atoms with Gasteiger partial charge in [-0.1, -0.05) is 32.0 Å². The first-order valence-electron chi connectivity index (χ1n) is 10.5. The van der Waals surface area contributed by atoms with Crippen LogP contribution in [-0.2, 0) is 4.79 Å². The molecule has 0 aliphatic carbocycles. The third-order valence-electron chi connectivity index (χ3n) is 5.39. The van der Waals surface area contributed by atoms with Crippen molar-refractivity contribution in [2.24, 2.45) is 0 Å². The van der Waals surface area contributed by atoms with Gasteiger partial charge >= 0.3 is 0 Å². The van der Waals surface area contributed by atoms with Gasteiger partial charge in [-0.25, -0.2) is 4.98 Å². The molecule has 1 amide bonds. The van der Waals surface area contributed by atoms with Gasteiger partial charge < -0.3 is 14.5 Å². The second-order valence-electron chi connectivity index (χ2n) is 7.78. The van der Waals surface area contributed by atoms with Crippen LogP contribution in [0.25, 0.3) is 22.6 Å². The molecule has 3 aromatic carbocycles. The first-order chi connectivity index (χ1) is 15.0. The van der Waals surface area contributed by atoms with Gasteiger partial charge in [-0.05, 0) is 78.9 Å². The molecular weight excluding hydrogens is 388 g/mol. The predicted octanol–water partition coefficient (Wildman–Crippen LogP) is 6.33. The lowest BCUT2D eigenvalue weighted by Crippen LogP contribution is -2.20. The maximum atomic E-state index is 12.2. The summed E-state index contributed by atoms with van der Waals surface area (Å²) in [5.74, 6) is 1.54. The molecule has 0 saturated carbocycles. The lowest BCUT2D eigenvalue weighted by Gasteiger charge is -2.11. The Morgan fingerprint density at radius 2 is 1.81 bits per heavy atom. The van der Waals surface area contributed by atoms with Crippen molar-refractivity contribution in [2.45, 2.75) is 33.1 Å². The summed E-state index contributed by atoms with van der Waals surface area (Å²) < 4.78 is 11.5. The first kappa shape index (κ1) is 20.7. The number of rotatable bonds is 7. The number of nitrogens with zero attached hydrogens (tertiary/aromatic N) is 1. The van der Waals surface area contributed by atoms with Crippen molar-refractivity contribution in [1.82, 2.24) is 4.98 Å². The average molecular weight is 415 g/mol. The maximum Gasteiger partial charge on any atom is 0.262 e. The zero-order valence-electron chi connectivity index (χ0n) is 18.0. The number of fused-ring (bicyclic) bond motifs is 1. The van der Waals surface area contributed by atoms with E-state index in [-0.39, 0.29) is 12.5 Å². The van der Waals surface area contributed by atoms with Crippen molar-refractivity contribution in [2.75, 3.05) is 11.9 Å². The van der Waals surface area contributed by atoms with Crippen molar-refractivity contribution in [1.29, 1.82) is 0 Å². The second-order valence-corrected chi connectivity index (χ2v) is 7.78. The summed E-state index contributed by atoms with van der Waals surface area (Å²) in [6.07, 6.45) is 1.09. The highest BCUT2D eigenvalue weighted by Crippen LogP contribution is 2.26. The molecule has 4 rings (SSSR count). The number of amides is 1. The average Bonchev–Trinajstić information content (AvgIpc) is 3.21. The highest BCUT2D eigenvalue weighted by Gasteiger charge is 2.10. The van der Waals surface area contributed by atoms with Crippen LogP contribution >= 0.6 is 0 Å². The molecule has 0 fully saturated rings. The zero-order chi connectivity index (χ0) is 21.8. The molecule has 5 heteroatoms. The summed E-state index contributed by atoms with van der Waals surface area (Å²) in [6, 6.07) is 21.3. The molecule has 4 aromatic rings. The van der Waals surface area contributed by atoms with E-state index in [9.17, 15) is 4.79 Å². The van der Waals surface area contributed by atoms with Crippen LogP contribution in [0.5, 0.6) is 5.75 Å². The van der Waals surface area contributed by atoms with Gasteiger partial charge in [-0.3, -0.25) is 4.79 Å². The number of carbonyl (C=O) groups is 1. The summed E-state index contributed by atoms with van der Waals surface area (Å²) in [7, 11) is 0. The number of aryl methyl sites for hydroxylation is 1. The molecule has 1 unspecified atom stereocenters. The molecular formula is C26H26N2O3. The monoisotopic (exact) mass is 414 g/mol. The fraction of sp³-hybridized carbons (Fsp3) is 0.231. The smallest absolute Gasteiger partial charge is 0.262 e. The van der Waals surface area contributed by atoms with Gasteiger partial charge in [0.15, 0.2) is 12.2 Å². The molecule has 0 spiro atoms. The molecule has 0 saturated heterocycles. The highest BCUT2D eigenvalue weighted by atomic mass is 16.5. The standard InChI is InChI=1S/C26H26N2O3/c1-4-18(3)19-8-12-22(13-9-19)30-16-25(29)27-21-10-6-20(7-11-21)26-28-23-14-5-17(2)15-24(23)31-26/h5-15,18H,4,16H2,1-3H3,(H,27,29). The van der Waals surface area contributed by atoms with Crippen LogP contribution in [0, 0.1) is 6.92 Å². The third kappa shape index (κ3) is 4.94. The Kier molecular flexibility index (Phi) is 6.03. The van der Waals surface area contributed by atoms with Crippen LogP contribution in [-0.4, -0.2) is 17.5 Å². The van der Waals surface area contributed by atoms with Crippen LogP contribution in [0.1, 0.15) is 37.3 Å². The second kappa shape index (κ2) is 9.04. The Hall–Kier alpha value is -3.60. The minimum absolute atomic E-state index is 0.0467. The molecule has 1 heterocycles. The Labute approximate surface area is 182 Å². The summed E-state index contributed by atoms with van der Waals surface area (Å²) in [5, 5.41) is 2.85. The van der Waals surface area contributed by atoms with Crippen molar-refractivity contribution in [3.05, 3.63) is 77.9 Å². The molecule has 0 bridgehead atoms. The van der Waals surface area contributed by atoms with Crippen molar-refractivity contribution in [3.8, 4) is 17.2 Å². The summed E-state index contributed by atoms with van der Waals surface area (Å²) in [6.45, 7) is 6.33. The van der Waals surface area contributed by atoms with E-state index in [1.807, 2.05) is 73.7 Å². The normalized spacial score (nSPS) is 12.0. The summed E-state index contributed by atoms with van der Waals surface area (Å²) in [5.41, 5.74) is 5.53. The lowest BCUT2D eigenvalue weighted by molar-refractivity contribution is -0.118. The van der Waals surface area contributed by atoms with E-state index in [0.717, 1.165) is 28.6 Å². The van der Waals surface area contributed by atoms with Gasteiger partial charge in [0.25, 0.3) is 5.91 Å². The fourth-order valence-corrected chi connectivity index (χ4v) is 3.33. The number of carbonyl (C=O) groups excluding carboxylic acids is 1. The van der Waals surface area contributed by atoms with Gasteiger partial charge in [0.2, 0.25) is 5.89 Å². The SMILES string of the molecule is CCC(C)c1ccc(OCC(=O)Nc2ccc(-c3nc4ccc(C)cc4o3)cc2)cc1. The molecule has 1 N–H and O–H groups in total. The van der Waals surface area contributed by atoms with E-state index in [1.54, 1.807) is 0 Å². The molecule has 5 nitrogen and oxygen atoms in total. The molecule has 1 aromatic heterocycles. The topological polar surface area (TPSA) is 64.4 Å². The summed E-state index contributed by atoms with van der Waals surface area (Å²) in [4.78, 5) is 16.8. The molecule has 0 aliphatic heterocycles. The number of hydrogen-bond donors (Lipinski definition) is 1. The minimum atomic E-state index is -0.212. The number of aromatic nitrogens is 1. The van der Waals surface area contributed by atoms with Gasteiger partial charge in [-0.15, -0.1) is 0 Å². The van der Waals surface area contributed by atoms with Crippen molar-refractivity contribution < 1.29 is 13.9 Å². The van der Waals surface area contributed by atoms with Gasteiger partial charge in [0.05, 0.1) is 0 Å². The fourth-order valence-electron chi connectivity index (χ4n) is 3.33. The molecule has 158 valence electrons. The van der Waals surface area contributed by atoms with E-state index in [2.05, 4.69) is 24.1 Å². The number of anilines is 1. The minimum Gasteiger partial charge on any atom is -0.484 e. The Morgan fingerprint density at radius 3 is 2.52 bits per heavy atom. The van der Waals surface area contributed by atoms with Crippen LogP contribution in [0.2, 0.25) is 0 Å². The van der Waals surface area contributed by atoms with E-state index >= 15 is 0 Å². The van der Waals surface area contributed by atoms with E-state index in [0.29, 0.717) is 23.2 Å². The summed E-state index contributed by atoms with van der Waals surface area (Å²) >= 11 is 0. The van der Waals surface area contributed by atoms with Crippen molar-refractivity contribution in [3.63, 3.8) is 0 Å². The van der Waals surface area contributed by atoms with Gasteiger partial charge in [-0.2, -0.15) is 0 Å². The number of benzene rings is 3. The third-order valence-corrected chi connectivity index (χ3v) is 5.39. The van der Waals surface area contributed by atoms with Crippen LogP contribution in [0.3, 0.4) is 0 Å². The maximum absolute atomic E-state index is 12.2. The molecule has 31 heavy (non-hydrogen) atoms. The van der Waals surface area contributed by atoms with Gasteiger partial charge in [0.1, 0.15) is 11.3 Å². The lowest BCUT2D eigenvalue weighted by atomic mass is 9.99. The van der Waals surface area contributed by atoms with Crippen LogP contribution in [0.4, 0.5) is 5.69 Å². The zero-order valence-corrected chi connectivity index (χ0v) is 18.0. The Morgan fingerprint density at radius 1 is 1.06 bits per heavy atom. The van der Waals surface area contributed by atoms with Crippen LogP contribution in [0.15, 0.2) is 71.1 Å². The van der Waals surface area contributed by atoms with E-state index < -0.39 is 0 Å². The Bertz CT molecular complexity index is 1180. The van der Waals surface area contributed by atoms with E-state index in [4.69, 9.17) is 9.15 Å². The molecule has 0 aliphatic rings.